The molecule has 0 bridgehead atoms. The van der Waals surface area contributed by atoms with Crippen molar-refractivity contribution < 1.29 is 28.6 Å². The van der Waals surface area contributed by atoms with Crippen molar-refractivity contribution in [1.82, 2.24) is 10.2 Å². The summed E-state index contributed by atoms with van der Waals surface area (Å²) >= 11 is 0. The Bertz CT molecular complexity index is 748. The summed E-state index contributed by atoms with van der Waals surface area (Å²) < 4.78 is 16.1. The van der Waals surface area contributed by atoms with Gasteiger partial charge in [-0.15, -0.1) is 0 Å². The van der Waals surface area contributed by atoms with Crippen LogP contribution in [0.15, 0.2) is 0 Å². The molecule has 0 rings (SSSR count). The van der Waals surface area contributed by atoms with Gasteiger partial charge in [-0.1, -0.05) is 181 Å². The second-order valence-corrected chi connectivity index (χ2v) is 14.4. The summed E-state index contributed by atoms with van der Waals surface area (Å²) in [5.74, 6) is -1.13. The Balaban J connectivity index is 4.13. The number of amides is 1. The molecule has 0 aliphatic carbocycles. The van der Waals surface area contributed by atoms with Crippen molar-refractivity contribution in [2.45, 2.75) is 206 Å². The summed E-state index contributed by atoms with van der Waals surface area (Å²) in [6, 6.07) is -1.12. The molecule has 0 aliphatic heterocycles. The predicted octanol–water partition coefficient (Wildman–Crippen LogP) is 11.1. The first kappa shape index (κ1) is 47.2. The third kappa shape index (κ3) is 35.8. The van der Waals surface area contributed by atoms with Crippen LogP contribution in [0, 0.1) is 0 Å². The Morgan fingerprint density at radius 2 is 0.816 bits per heavy atom. The van der Waals surface area contributed by atoms with Crippen LogP contribution in [0.5, 0.6) is 0 Å². The van der Waals surface area contributed by atoms with Crippen LogP contribution < -0.4 is 5.32 Å². The van der Waals surface area contributed by atoms with E-state index in [0.717, 1.165) is 38.5 Å². The molecule has 0 aromatic carbocycles. The SMILES string of the molecule is CCCCCCCCCCCCCCCCOC(=O)C[C@H](NC(=O)OCCN(C)C)C(=O)OCCCCCCCCCCCCCCCC. The molecule has 0 spiro atoms. The van der Waals surface area contributed by atoms with E-state index in [4.69, 9.17) is 14.2 Å². The fourth-order valence-electron chi connectivity index (χ4n) is 5.98. The van der Waals surface area contributed by atoms with E-state index in [0.29, 0.717) is 13.2 Å². The van der Waals surface area contributed by atoms with Crippen molar-refractivity contribution in [2.24, 2.45) is 0 Å². The lowest BCUT2D eigenvalue weighted by Crippen LogP contribution is -2.44. The maximum absolute atomic E-state index is 12.8. The molecular formula is C41H80N2O6. The van der Waals surface area contributed by atoms with E-state index in [1.807, 2.05) is 19.0 Å². The summed E-state index contributed by atoms with van der Waals surface area (Å²) in [6.45, 7) is 5.87. The molecule has 0 saturated carbocycles. The maximum atomic E-state index is 12.8. The normalized spacial score (nSPS) is 11.9. The molecule has 0 fully saturated rings. The summed E-state index contributed by atoms with van der Waals surface area (Å²) in [4.78, 5) is 39.6. The highest BCUT2D eigenvalue weighted by molar-refractivity contribution is 5.86. The van der Waals surface area contributed by atoms with E-state index in [-0.39, 0.29) is 19.6 Å². The van der Waals surface area contributed by atoms with Crippen LogP contribution in [-0.4, -0.2) is 69.4 Å². The molecular weight excluding hydrogens is 616 g/mol. The van der Waals surface area contributed by atoms with Crippen LogP contribution >= 0.6 is 0 Å². The van der Waals surface area contributed by atoms with E-state index >= 15 is 0 Å². The Labute approximate surface area is 302 Å². The van der Waals surface area contributed by atoms with Gasteiger partial charge in [-0.2, -0.15) is 0 Å². The molecule has 49 heavy (non-hydrogen) atoms. The van der Waals surface area contributed by atoms with E-state index < -0.39 is 24.1 Å². The zero-order chi connectivity index (χ0) is 36.0. The van der Waals surface area contributed by atoms with E-state index in [9.17, 15) is 14.4 Å². The lowest BCUT2D eigenvalue weighted by molar-refractivity contribution is -0.152. The number of esters is 2. The van der Waals surface area contributed by atoms with Crippen molar-refractivity contribution in [2.75, 3.05) is 40.5 Å². The van der Waals surface area contributed by atoms with Crippen molar-refractivity contribution in [1.29, 1.82) is 0 Å². The zero-order valence-electron chi connectivity index (χ0n) is 32.8. The number of rotatable bonds is 37. The van der Waals surface area contributed by atoms with E-state index in [1.54, 1.807) is 0 Å². The van der Waals surface area contributed by atoms with Gasteiger partial charge in [0.1, 0.15) is 12.6 Å². The highest BCUT2D eigenvalue weighted by Gasteiger charge is 2.27. The van der Waals surface area contributed by atoms with Gasteiger partial charge in [0.15, 0.2) is 0 Å². The number of alkyl carbamates (subject to hydrolysis) is 1. The number of carbonyl (C=O) groups excluding carboxylic acids is 3. The smallest absolute Gasteiger partial charge is 0.407 e. The summed E-state index contributed by atoms with van der Waals surface area (Å²) in [7, 11) is 3.76. The molecule has 0 unspecified atom stereocenters. The third-order valence-electron chi connectivity index (χ3n) is 9.22. The average Bonchev–Trinajstić information content (AvgIpc) is 3.07. The molecule has 8 nitrogen and oxygen atoms in total. The number of unbranched alkanes of at least 4 members (excludes halogenated alkanes) is 26. The second kappa shape index (κ2) is 37.4. The van der Waals surface area contributed by atoms with Crippen LogP contribution in [0.4, 0.5) is 4.79 Å². The first-order valence-electron chi connectivity index (χ1n) is 20.8. The molecule has 1 N–H and O–H groups in total. The molecule has 0 heterocycles. The lowest BCUT2D eigenvalue weighted by atomic mass is 10.0. The van der Waals surface area contributed by atoms with E-state index in [1.165, 1.54) is 141 Å². The molecule has 8 heteroatoms. The Morgan fingerprint density at radius 1 is 0.469 bits per heavy atom. The number of ether oxygens (including phenoxy) is 3. The third-order valence-corrected chi connectivity index (χ3v) is 9.22. The predicted molar refractivity (Wildman–Crippen MR) is 204 cm³/mol. The Kier molecular flexibility index (Phi) is 36.0. The first-order valence-corrected chi connectivity index (χ1v) is 20.8. The van der Waals surface area contributed by atoms with Crippen molar-refractivity contribution >= 4 is 18.0 Å². The zero-order valence-corrected chi connectivity index (χ0v) is 32.8. The van der Waals surface area contributed by atoms with Gasteiger partial charge in [-0.05, 0) is 26.9 Å². The molecule has 1 atom stereocenters. The topological polar surface area (TPSA) is 94.2 Å². The number of hydrogen-bond donors (Lipinski definition) is 1. The van der Waals surface area contributed by atoms with Crippen LogP contribution in [0.1, 0.15) is 200 Å². The molecule has 0 aromatic rings. The molecule has 0 aromatic heterocycles. The quantitative estimate of drug-likeness (QED) is 0.0392. The minimum atomic E-state index is -1.12. The Morgan fingerprint density at radius 3 is 1.18 bits per heavy atom. The molecule has 1 amide bonds. The van der Waals surface area contributed by atoms with E-state index in [2.05, 4.69) is 19.2 Å². The number of nitrogens with one attached hydrogen (secondary N) is 1. The minimum Gasteiger partial charge on any atom is -0.466 e. The molecule has 290 valence electrons. The van der Waals surface area contributed by atoms with Crippen molar-refractivity contribution in [3.05, 3.63) is 0 Å². The van der Waals surface area contributed by atoms with Gasteiger partial charge in [0.25, 0.3) is 0 Å². The summed E-state index contributed by atoms with van der Waals surface area (Å²) in [5.41, 5.74) is 0. The largest absolute Gasteiger partial charge is 0.466 e. The summed E-state index contributed by atoms with van der Waals surface area (Å²) in [5, 5.41) is 2.52. The number of likely N-dealkylation sites (N-methyl/N-ethyl adjacent to an activating group) is 1. The number of nitrogens with zero attached hydrogens (tertiary/aromatic N) is 1. The van der Waals surface area contributed by atoms with Crippen molar-refractivity contribution in [3.63, 3.8) is 0 Å². The standard InChI is InChI=1S/C41H80N2O6/c1-5-7-9-11-13-15-17-19-21-23-25-27-29-31-34-47-39(44)37-38(42-41(46)49-36-33-43(3)4)40(45)48-35-32-30-28-26-24-22-20-18-16-14-12-10-8-6-2/h38H,5-37H2,1-4H3,(H,42,46)/t38-/m0/s1. The first-order chi connectivity index (χ1) is 23.9. The van der Waals surface area contributed by atoms with Gasteiger partial charge in [0.2, 0.25) is 0 Å². The van der Waals surface area contributed by atoms with Gasteiger partial charge in [0, 0.05) is 6.54 Å². The average molecular weight is 697 g/mol. The number of carbonyl (C=O) groups is 3. The summed E-state index contributed by atoms with van der Waals surface area (Å²) in [6.07, 6.45) is 34.3. The molecule has 0 radical (unpaired) electrons. The Hall–Kier alpha value is -1.83. The number of hydrogen-bond acceptors (Lipinski definition) is 7. The second-order valence-electron chi connectivity index (χ2n) is 14.4. The van der Waals surface area contributed by atoms with Crippen LogP contribution in [-0.2, 0) is 23.8 Å². The molecule has 0 saturated heterocycles. The monoisotopic (exact) mass is 697 g/mol. The molecule has 0 aliphatic rings. The van der Waals surface area contributed by atoms with Crippen molar-refractivity contribution in [3.8, 4) is 0 Å². The lowest BCUT2D eigenvalue weighted by Gasteiger charge is -2.18. The van der Waals surface area contributed by atoms with Gasteiger partial charge in [0.05, 0.1) is 19.6 Å². The van der Waals surface area contributed by atoms with Crippen LogP contribution in [0.2, 0.25) is 0 Å². The van der Waals surface area contributed by atoms with Gasteiger partial charge >= 0.3 is 18.0 Å². The van der Waals surface area contributed by atoms with Crippen LogP contribution in [0.3, 0.4) is 0 Å². The highest BCUT2D eigenvalue weighted by atomic mass is 16.6. The van der Waals surface area contributed by atoms with Gasteiger partial charge in [-0.25, -0.2) is 9.59 Å². The fourth-order valence-corrected chi connectivity index (χ4v) is 5.98. The maximum Gasteiger partial charge on any atom is 0.407 e. The van der Waals surface area contributed by atoms with Crippen LogP contribution in [0.25, 0.3) is 0 Å². The minimum absolute atomic E-state index is 0.184. The highest BCUT2D eigenvalue weighted by Crippen LogP contribution is 2.15. The fraction of sp³-hybridized carbons (Fsp3) is 0.927. The van der Waals surface area contributed by atoms with Gasteiger partial charge < -0.3 is 24.4 Å². The van der Waals surface area contributed by atoms with Gasteiger partial charge in [-0.3, -0.25) is 4.79 Å².